The van der Waals surface area contributed by atoms with E-state index in [0.717, 1.165) is 12.8 Å². The highest BCUT2D eigenvalue weighted by Gasteiger charge is 2.07. The molecule has 0 bridgehead atoms. The molecule has 0 atom stereocenters. The van der Waals surface area contributed by atoms with E-state index >= 15 is 0 Å². The Morgan fingerprint density at radius 1 is 0.724 bits per heavy atom. The van der Waals surface area contributed by atoms with Gasteiger partial charge in [-0.05, 0) is 25.2 Å². The van der Waals surface area contributed by atoms with E-state index in [-0.39, 0.29) is 26.1 Å². The van der Waals surface area contributed by atoms with Gasteiger partial charge in [-0.3, -0.25) is 9.59 Å². The van der Waals surface area contributed by atoms with Crippen molar-refractivity contribution in [1.82, 2.24) is 0 Å². The van der Waals surface area contributed by atoms with Crippen molar-refractivity contribution in [2.75, 3.05) is 13.2 Å². The van der Waals surface area contributed by atoms with Crippen molar-refractivity contribution in [3.63, 3.8) is 0 Å². The van der Waals surface area contributed by atoms with E-state index in [1.165, 1.54) is 57.8 Å². The molecular formula is C23H40O6. The summed E-state index contributed by atoms with van der Waals surface area (Å²) in [5.74, 6) is 4.29. The molecule has 2 N–H and O–H groups in total. The highest BCUT2D eigenvalue weighted by Crippen LogP contribution is 2.11. The zero-order chi connectivity index (χ0) is 21.6. The predicted octanol–water partition coefficient (Wildman–Crippen LogP) is 5.39. The normalized spacial score (nSPS) is 10.7. The van der Waals surface area contributed by atoms with Gasteiger partial charge in [0, 0.05) is 19.3 Å². The molecule has 168 valence electrons. The summed E-state index contributed by atoms with van der Waals surface area (Å²) in [6.45, 7) is 2.74. The van der Waals surface area contributed by atoms with Gasteiger partial charge in [-0.2, -0.15) is 0 Å². The average Bonchev–Trinajstić information content (AvgIpc) is 2.68. The summed E-state index contributed by atoms with van der Waals surface area (Å²) in [6, 6.07) is 0. The van der Waals surface area contributed by atoms with Gasteiger partial charge in [-0.1, -0.05) is 70.6 Å². The Kier molecular flexibility index (Phi) is 20.0. The monoisotopic (exact) mass is 412 g/mol. The standard InChI is InChI=1S/C23H40O6/c1-2-3-4-5-6-7-8-9-10-11-12-13-18-23(28-19-14-16-21(24)25)29-20-15-17-22(26)27/h23H,2-12,14-17,19-20H2,1H3,(H,24,25)(H,26,27). The second-order valence-corrected chi connectivity index (χ2v) is 7.32. The molecule has 0 radical (unpaired) electrons. The SMILES string of the molecule is CCCCCCCCCCCCC#CC(OCCCC(=O)O)OCCCC(=O)O. The van der Waals surface area contributed by atoms with Gasteiger partial charge in [-0.25, -0.2) is 0 Å². The Morgan fingerprint density at radius 3 is 1.62 bits per heavy atom. The lowest BCUT2D eigenvalue weighted by Crippen LogP contribution is -2.17. The van der Waals surface area contributed by atoms with Gasteiger partial charge >= 0.3 is 11.9 Å². The zero-order valence-electron chi connectivity index (χ0n) is 18.1. The number of carbonyl (C=O) groups is 2. The fraction of sp³-hybridized carbons (Fsp3) is 0.826. The highest BCUT2D eigenvalue weighted by atomic mass is 16.7. The van der Waals surface area contributed by atoms with E-state index < -0.39 is 18.2 Å². The van der Waals surface area contributed by atoms with Crippen molar-refractivity contribution in [2.45, 2.75) is 110 Å². The van der Waals surface area contributed by atoms with Crippen LogP contribution in [-0.2, 0) is 19.1 Å². The fourth-order valence-corrected chi connectivity index (χ4v) is 2.82. The van der Waals surface area contributed by atoms with E-state index in [9.17, 15) is 9.59 Å². The molecule has 0 aliphatic heterocycles. The summed E-state index contributed by atoms with van der Waals surface area (Å²) in [5.41, 5.74) is 0. The van der Waals surface area contributed by atoms with E-state index in [0.29, 0.717) is 12.8 Å². The predicted molar refractivity (Wildman–Crippen MR) is 114 cm³/mol. The summed E-state index contributed by atoms with van der Waals surface area (Å²) >= 11 is 0. The van der Waals surface area contributed by atoms with E-state index in [1.54, 1.807) is 0 Å². The van der Waals surface area contributed by atoms with Gasteiger partial charge in [0.2, 0.25) is 6.29 Å². The number of hydrogen-bond acceptors (Lipinski definition) is 4. The first kappa shape index (κ1) is 27.4. The lowest BCUT2D eigenvalue weighted by atomic mass is 10.1. The number of carboxylic acids is 2. The molecule has 0 aliphatic carbocycles. The Balaban J connectivity index is 3.89. The smallest absolute Gasteiger partial charge is 0.303 e. The van der Waals surface area contributed by atoms with Crippen LogP contribution in [0.3, 0.4) is 0 Å². The third kappa shape index (κ3) is 22.6. The lowest BCUT2D eigenvalue weighted by molar-refractivity contribution is -0.139. The van der Waals surface area contributed by atoms with Crippen molar-refractivity contribution in [2.24, 2.45) is 0 Å². The second kappa shape index (κ2) is 21.1. The number of hydrogen-bond donors (Lipinski definition) is 2. The third-order valence-electron chi connectivity index (χ3n) is 4.48. The lowest BCUT2D eigenvalue weighted by Gasteiger charge is -2.12. The Hall–Kier alpha value is -1.58. The maximum atomic E-state index is 10.5. The summed E-state index contributed by atoms with van der Waals surface area (Å²) in [7, 11) is 0. The Bertz CT molecular complexity index is 444. The topological polar surface area (TPSA) is 93.1 Å². The first-order chi connectivity index (χ1) is 14.1. The van der Waals surface area contributed by atoms with Gasteiger partial charge in [0.15, 0.2) is 0 Å². The van der Waals surface area contributed by atoms with Gasteiger partial charge in [0.25, 0.3) is 0 Å². The maximum Gasteiger partial charge on any atom is 0.303 e. The first-order valence-electron chi connectivity index (χ1n) is 11.2. The molecule has 0 aromatic rings. The van der Waals surface area contributed by atoms with Crippen LogP contribution in [0.4, 0.5) is 0 Å². The van der Waals surface area contributed by atoms with Crippen molar-refractivity contribution >= 4 is 11.9 Å². The largest absolute Gasteiger partial charge is 0.481 e. The van der Waals surface area contributed by atoms with Crippen LogP contribution in [0.2, 0.25) is 0 Å². The molecule has 6 heteroatoms. The van der Waals surface area contributed by atoms with Crippen molar-refractivity contribution < 1.29 is 29.3 Å². The number of aliphatic carboxylic acids is 2. The molecule has 0 aromatic heterocycles. The molecule has 0 aliphatic rings. The zero-order valence-corrected chi connectivity index (χ0v) is 18.1. The average molecular weight is 413 g/mol. The number of carboxylic acid groups (broad SMARTS) is 2. The maximum absolute atomic E-state index is 10.5. The minimum absolute atomic E-state index is 0.0395. The number of ether oxygens (including phenoxy) is 2. The van der Waals surface area contributed by atoms with Crippen LogP contribution in [0.1, 0.15) is 103 Å². The summed E-state index contributed by atoms with van der Waals surface area (Å²) in [5, 5.41) is 17.3. The second-order valence-electron chi connectivity index (χ2n) is 7.32. The van der Waals surface area contributed by atoms with Crippen LogP contribution in [0.5, 0.6) is 0 Å². The van der Waals surface area contributed by atoms with Crippen LogP contribution in [0, 0.1) is 11.8 Å². The van der Waals surface area contributed by atoms with Crippen molar-refractivity contribution in [3.8, 4) is 11.8 Å². The van der Waals surface area contributed by atoms with Crippen LogP contribution in [0.25, 0.3) is 0 Å². The molecule has 0 saturated heterocycles. The number of unbranched alkanes of at least 4 members (excludes halogenated alkanes) is 10. The molecule has 0 rings (SSSR count). The van der Waals surface area contributed by atoms with E-state index in [2.05, 4.69) is 18.8 Å². The highest BCUT2D eigenvalue weighted by molar-refractivity contribution is 5.66. The van der Waals surface area contributed by atoms with E-state index in [4.69, 9.17) is 19.7 Å². The molecule has 0 spiro atoms. The van der Waals surface area contributed by atoms with Crippen LogP contribution in [0.15, 0.2) is 0 Å². The minimum atomic E-state index is -0.862. The molecule has 29 heavy (non-hydrogen) atoms. The van der Waals surface area contributed by atoms with Gasteiger partial charge < -0.3 is 19.7 Å². The Labute approximate surface area is 176 Å². The molecule has 0 saturated carbocycles. The molecule has 6 nitrogen and oxygen atoms in total. The molecule has 0 fully saturated rings. The van der Waals surface area contributed by atoms with Gasteiger partial charge in [0.05, 0.1) is 13.2 Å². The molecule has 0 unspecified atom stereocenters. The molecule has 0 aromatic carbocycles. The van der Waals surface area contributed by atoms with Crippen molar-refractivity contribution in [1.29, 1.82) is 0 Å². The van der Waals surface area contributed by atoms with Crippen LogP contribution in [-0.4, -0.2) is 41.7 Å². The minimum Gasteiger partial charge on any atom is -0.481 e. The third-order valence-corrected chi connectivity index (χ3v) is 4.48. The van der Waals surface area contributed by atoms with Crippen LogP contribution < -0.4 is 0 Å². The van der Waals surface area contributed by atoms with Crippen molar-refractivity contribution in [3.05, 3.63) is 0 Å². The summed E-state index contributed by atoms with van der Waals surface area (Å²) < 4.78 is 11.0. The first-order valence-corrected chi connectivity index (χ1v) is 11.2. The molecule has 0 amide bonds. The van der Waals surface area contributed by atoms with Gasteiger partial charge in [-0.15, -0.1) is 0 Å². The Morgan fingerprint density at radius 2 is 1.17 bits per heavy atom. The van der Waals surface area contributed by atoms with Crippen LogP contribution >= 0.6 is 0 Å². The molecular weight excluding hydrogens is 372 g/mol. The summed E-state index contributed by atoms with van der Waals surface area (Å²) in [6.07, 6.45) is 13.7. The quantitative estimate of drug-likeness (QED) is 0.158. The fourth-order valence-electron chi connectivity index (χ4n) is 2.82. The number of rotatable bonds is 20. The van der Waals surface area contributed by atoms with Gasteiger partial charge in [0.1, 0.15) is 0 Å². The van der Waals surface area contributed by atoms with E-state index in [1.807, 2.05) is 0 Å². The summed E-state index contributed by atoms with van der Waals surface area (Å²) in [4.78, 5) is 21.1. The molecule has 0 heterocycles.